The average molecular weight is 370 g/mol. The summed E-state index contributed by atoms with van der Waals surface area (Å²) in [5.41, 5.74) is 1.43. The van der Waals surface area contributed by atoms with Gasteiger partial charge in [0.15, 0.2) is 6.73 Å². The van der Waals surface area contributed by atoms with Crippen LogP contribution in [0.15, 0.2) is 66.9 Å². The van der Waals surface area contributed by atoms with E-state index in [9.17, 15) is 4.79 Å². The highest BCUT2D eigenvalue weighted by Crippen LogP contribution is 2.18. The molecule has 0 aliphatic heterocycles. The second-order valence-electron chi connectivity index (χ2n) is 5.82. The van der Waals surface area contributed by atoms with E-state index in [0.29, 0.717) is 16.5 Å². The van der Waals surface area contributed by atoms with E-state index < -0.39 is 0 Å². The molecule has 1 heterocycles. The van der Waals surface area contributed by atoms with Crippen LogP contribution in [-0.2, 0) is 6.73 Å². The van der Waals surface area contributed by atoms with Crippen molar-refractivity contribution in [2.45, 2.75) is 26.1 Å². The van der Waals surface area contributed by atoms with Gasteiger partial charge in [0.05, 0.1) is 6.04 Å². The van der Waals surface area contributed by atoms with Crippen molar-refractivity contribution < 1.29 is 9.53 Å². The number of carbonyl (C=O) groups is 1. The van der Waals surface area contributed by atoms with E-state index in [1.54, 1.807) is 29.1 Å². The molecular weight excluding hydrogens is 350 g/mol. The third kappa shape index (κ3) is 4.64. The molecule has 0 saturated heterocycles. The Bertz CT molecular complexity index is 864. The van der Waals surface area contributed by atoms with Gasteiger partial charge in [-0.3, -0.25) is 4.79 Å². The van der Waals surface area contributed by atoms with Gasteiger partial charge in [-0.25, -0.2) is 4.68 Å². The minimum absolute atomic E-state index is 0.0449. The molecule has 0 saturated carbocycles. The minimum Gasteiger partial charge on any atom is -0.471 e. The summed E-state index contributed by atoms with van der Waals surface area (Å²) >= 11 is 5.93. The summed E-state index contributed by atoms with van der Waals surface area (Å²) in [6.07, 6.45) is 2.51. The zero-order chi connectivity index (χ0) is 18.4. The Morgan fingerprint density at radius 2 is 2.00 bits per heavy atom. The number of nitrogens with one attached hydrogen (secondary N) is 1. The number of hydrogen-bond acceptors (Lipinski definition) is 3. The first-order valence-electron chi connectivity index (χ1n) is 8.43. The molecule has 0 aliphatic carbocycles. The van der Waals surface area contributed by atoms with Crippen LogP contribution < -0.4 is 10.1 Å². The van der Waals surface area contributed by atoms with Crippen molar-refractivity contribution >= 4 is 17.5 Å². The third-order valence-electron chi connectivity index (χ3n) is 3.95. The molecule has 1 aromatic heterocycles. The van der Waals surface area contributed by atoms with E-state index in [4.69, 9.17) is 16.3 Å². The summed E-state index contributed by atoms with van der Waals surface area (Å²) in [6.45, 7) is 2.24. The molecule has 26 heavy (non-hydrogen) atoms. The fraction of sp³-hybridized carbons (Fsp3) is 0.200. The first-order valence-corrected chi connectivity index (χ1v) is 8.81. The van der Waals surface area contributed by atoms with E-state index in [2.05, 4.69) is 10.4 Å². The van der Waals surface area contributed by atoms with Crippen LogP contribution >= 0.6 is 11.6 Å². The van der Waals surface area contributed by atoms with Crippen LogP contribution in [0.1, 0.15) is 35.4 Å². The Kier molecular flexibility index (Phi) is 5.92. The Balaban J connectivity index is 1.60. The van der Waals surface area contributed by atoms with Gasteiger partial charge in [0, 0.05) is 11.2 Å². The number of halogens is 1. The zero-order valence-electron chi connectivity index (χ0n) is 14.4. The van der Waals surface area contributed by atoms with Gasteiger partial charge in [-0.15, -0.1) is 0 Å². The van der Waals surface area contributed by atoms with Crippen LogP contribution in [0.3, 0.4) is 0 Å². The normalized spacial score (nSPS) is 11.8. The highest BCUT2D eigenvalue weighted by molar-refractivity contribution is 6.30. The molecule has 1 unspecified atom stereocenters. The number of carbonyl (C=O) groups excluding carboxylic acids is 1. The van der Waals surface area contributed by atoms with Gasteiger partial charge in [0.25, 0.3) is 5.91 Å². The van der Waals surface area contributed by atoms with Crippen molar-refractivity contribution in [1.82, 2.24) is 15.1 Å². The number of aromatic nitrogens is 2. The molecule has 5 nitrogen and oxygen atoms in total. The molecule has 0 aliphatic rings. The molecule has 2 aromatic carbocycles. The number of benzene rings is 2. The largest absolute Gasteiger partial charge is 0.471 e. The van der Waals surface area contributed by atoms with Crippen molar-refractivity contribution in [3.8, 4) is 5.75 Å². The molecule has 0 spiro atoms. The Morgan fingerprint density at radius 1 is 1.19 bits per heavy atom. The van der Waals surface area contributed by atoms with Crippen LogP contribution in [-0.4, -0.2) is 15.7 Å². The Labute approximate surface area is 157 Å². The van der Waals surface area contributed by atoms with E-state index in [1.807, 2.05) is 49.4 Å². The van der Waals surface area contributed by atoms with Crippen LogP contribution in [0.5, 0.6) is 5.75 Å². The topological polar surface area (TPSA) is 56.2 Å². The Morgan fingerprint density at radius 3 is 2.73 bits per heavy atom. The van der Waals surface area contributed by atoms with Crippen LogP contribution in [0.2, 0.25) is 5.02 Å². The third-order valence-corrected chi connectivity index (χ3v) is 4.18. The molecule has 0 fully saturated rings. The lowest BCUT2D eigenvalue weighted by Crippen LogP contribution is -2.28. The van der Waals surface area contributed by atoms with Gasteiger partial charge >= 0.3 is 0 Å². The molecule has 1 amide bonds. The van der Waals surface area contributed by atoms with Gasteiger partial charge < -0.3 is 10.1 Å². The second kappa shape index (κ2) is 8.54. The first kappa shape index (κ1) is 18.0. The number of ether oxygens (including phenoxy) is 1. The van der Waals surface area contributed by atoms with Crippen LogP contribution in [0.25, 0.3) is 0 Å². The number of hydrogen-bond donors (Lipinski definition) is 1. The quantitative estimate of drug-likeness (QED) is 0.669. The highest BCUT2D eigenvalue weighted by atomic mass is 35.5. The average Bonchev–Trinajstić information content (AvgIpc) is 3.14. The van der Waals surface area contributed by atoms with Gasteiger partial charge in [0.1, 0.15) is 11.4 Å². The van der Waals surface area contributed by atoms with Gasteiger partial charge in [-0.05, 0) is 36.2 Å². The molecule has 0 radical (unpaired) electrons. The fourth-order valence-electron chi connectivity index (χ4n) is 2.59. The monoisotopic (exact) mass is 369 g/mol. The maximum absolute atomic E-state index is 12.5. The zero-order valence-corrected chi connectivity index (χ0v) is 15.2. The van der Waals surface area contributed by atoms with Crippen molar-refractivity contribution in [1.29, 1.82) is 0 Å². The molecule has 1 atom stereocenters. The summed E-state index contributed by atoms with van der Waals surface area (Å²) in [5, 5.41) is 7.90. The van der Waals surface area contributed by atoms with Gasteiger partial charge in [-0.2, -0.15) is 5.10 Å². The smallest absolute Gasteiger partial charge is 0.272 e. The molecule has 6 heteroatoms. The van der Waals surface area contributed by atoms with Crippen LogP contribution in [0, 0.1) is 0 Å². The van der Waals surface area contributed by atoms with E-state index >= 15 is 0 Å². The van der Waals surface area contributed by atoms with Gasteiger partial charge in [-0.1, -0.05) is 54.9 Å². The van der Waals surface area contributed by atoms with E-state index in [-0.39, 0.29) is 18.7 Å². The van der Waals surface area contributed by atoms with Crippen molar-refractivity contribution in [3.63, 3.8) is 0 Å². The maximum Gasteiger partial charge on any atom is 0.272 e. The van der Waals surface area contributed by atoms with Crippen LogP contribution in [0.4, 0.5) is 0 Å². The van der Waals surface area contributed by atoms with Gasteiger partial charge in [0.2, 0.25) is 0 Å². The molecule has 3 aromatic rings. The standard InChI is InChI=1S/C20H20ClN3O2/c1-2-18(15-7-4-3-5-8-15)22-20(25)19-11-12-24(23-19)14-26-17-10-6-9-16(21)13-17/h3-13,18H,2,14H2,1H3,(H,22,25). The predicted molar refractivity (Wildman–Crippen MR) is 101 cm³/mol. The van der Waals surface area contributed by atoms with E-state index in [1.165, 1.54) is 0 Å². The number of rotatable bonds is 7. The van der Waals surface area contributed by atoms with Crippen molar-refractivity contribution in [2.24, 2.45) is 0 Å². The summed E-state index contributed by atoms with van der Waals surface area (Å²) in [4.78, 5) is 12.5. The fourth-order valence-corrected chi connectivity index (χ4v) is 2.77. The number of nitrogens with zero attached hydrogens (tertiary/aromatic N) is 2. The molecule has 0 bridgehead atoms. The lowest BCUT2D eigenvalue weighted by molar-refractivity contribution is 0.0928. The SMILES string of the molecule is CCC(NC(=O)c1ccn(COc2cccc(Cl)c2)n1)c1ccccc1. The molecule has 3 rings (SSSR count). The summed E-state index contributed by atoms with van der Waals surface area (Å²) < 4.78 is 7.19. The lowest BCUT2D eigenvalue weighted by atomic mass is 10.0. The molecule has 134 valence electrons. The number of amides is 1. The second-order valence-corrected chi connectivity index (χ2v) is 6.25. The summed E-state index contributed by atoms with van der Waals surface area (Å²) in [7, 11) is 0. The Hall–Kier alpha value is -2.79. The van der Waals surface area contributed by atoms with Crippen molar-refractivity contribution in [2.75, 3.05) is 0 Å². The maximum atomic E-state index is 12.5. The van der Waals surface area contributed by atoms with E-state index in [0.717, 1.165) is 12.0 Å². The summed E-state index contributed by atoms with van der Waals surface area (Å²) in [5.74, 6) is 0.441. The summed E-state index contributed by atoms with van der Waals surface area (Å²) in [6, 6.07) is 18.7. The lowest BCUT2D eigenvalue weighted by Gasteiger charge is -2.16. The first-order chi connectivity index (χ1) is 12.7. The molecular formula is C20H20ClN3O2. The highest BCUT2D eigenvalue weighted by Gasteiger charge is 2.16. The predicted octanol–water partition coefficient (Wildman–Crippen LogP) is 4.45. The minimum atomic E-state index is -0.206. The van der Waals surface area contributed by atoms with Crippen molar-refractivity contribution in [3.05, 3.63) is 83.1 Å². The molecule has 1 N–H and O–H groups in total.